The van der Waals surface area contributed by atoms with E-state index < -0.39 is 17.5 Å². The Morgan fingerprint density at radius 1 is 1.45 bits per heavy atom. The minimum absolute atomic E-state index is 0.164. The number of alkyl halides is 3. The number of Topliss-reactive ketones (excluding diaryl/α,β-unsaturated/α-hetero) is 1. The Balaban J connectivity index is 2.31. The van der Waals surface area contributed by atoms with Crippen molar-refractivity contribution in [1.29, 1.82) is 0 Å². The molecule has 1 aromatic rings. The van der Waals surface area contributed by atoms with Gasteiger partial charge in [-0.15, -0.1) is 13.2 Å². The van der Waals surface area contributed by atoms with Gasteiger partial charge in [-0.2, -0.15) is 0 Å². The number of ether oxygens (including phenoxy) is 1. The van der Waals surface area contributed by atoms with Crippen molar-refractivity contribution in [2.75, 3.05) is 13.1 Å². The molecule has 1 N–H and O–H groups in total. The highest BCUT2D eigenvalue weighted by atomic mass is 35.5. The maximum absolute atomic E-state index is 12.8. The molecule has 2 rings (SSSR count). The number of carbonyl (C=O) groups excluding carboxylic acids is 1. The molecular weight excluding hydrogens is 319 g/mol. The maximum Gasteiger partial charge on any atom is 0.573 e. The molecule has 1 heterocycles. The fraction of sp³-hybridized carbons (Fsp3) is 0.533. The van der Waals surface area contributed by atoms with Crippen molar-refractivity contribution < 1.29 is 22.7 Å². The van der Waals surface area contributed by atoms with Crippen LogP contribution in [0.3, 0.4) is 0 Å². The zero-order valence-corrected chi connectivity index (χ0v) is 12.9. The monoisotopic (exact) mass is 335 g/mol. The summed E-state index contributed by atoms with van der Waals surface area (Å²) in [5, 5.41) is 2.98. The summed E-state index contributed by atoms with van der Waals surface area (Å²) >= 11 is 5.71. The van der Waals surface area contributed by atoms with Crippen LogP contribution in [0.4, 0.5) is 13.2 Å². The molecule has 1 aliphatic heterocycles. The van der Waals surface area contributed by atoms with Gasteiger partial charge in [0.15, 0.2) is 5.78 Å². The number of rotatable bonds is 5. The van der Waals surface area contributed by atoms with Crippen molar-refractivity contribution in [3.8, 4) is 5.75 Å². The van der Waals surface area contributed by atoms with Crippen LogP contribution in [0.1, 0.15) is 36.5 Å². The summed E-state index contributed by atoms with van der Waals surface area (Å²) < 4.78 is 41.0. The molecule has 0 saturated carbocycles. The average Bonchev–Trinajstić information content (AvgIpc) is 2.89. The van der Waals surface area contributed by atoms with Gasteiger partial charge in [0.2, 0.25) is 0 Å². The van der Waals surface area contributed by atoms with E-state index in [1.54, 1.807) is 0 Å². The number of benzene rings is 1. The van der Waals surface area contributed by atoms with Crippen LogP contribution in [0.5, 0.6) is 5.75 Å². The van der Waals surface area contributed by atoms with E-state index >= 15 is 0 Å². The molecule has 1 aliphatic rings. The Bertz CT molecular complexity index is 554. The minimum atomic E-state index is -4.85. The van der Waals surface area contributed by atoms with Gasteiger partial charge in [-0.25, -0.2) is 0 Å². The number of halogens is 4. The Kier molecular flexibility index (Phi) is 5.02. The lowest BCUT2D eigenvalue weighted by Crippen LogP contribution is -2.33. The normalized spacial score (nSPS) is 21.9. The van der Waals surface area contributed by atoms with E-state index in [9.17, 15) is 18.0 Å². The Morgan fingerprint density at radius 3 is 2.73 bits per heavy atom. The first-order valence-corrected chi connectivity index (χ1v) is 7.46. The molecule has 0 bridgehead atoms. The molecule has 0 spiro atoms. The third-order valence-electron chi connectivity index (χ3n) is 3.87. The molecule has 0 aliphatic carbocycles. The van der Waals surface area contributed by atoms with Crippen LogP contribution in [-0.4, -0.2) is 25.2 Å². The van der Waals surface area contributed by atoms with Crippen LogP contribution in [0.2, 0.25) is 5.02 Å². The smallest absolute Gasteiger partial charge is 0.404 e. The molecule has 7 heteroatoms. The van der Waals surface area contributed by atoms with Crippen LogP contribution in [0.25, 0.3) is 0 Å². The molecule has 1 unspecified atom stereocenters. The van der Waals surface area contributed by atoms with Gasteiger partial charge in [-0.3, -0.25) is 4.79 Å². The van der Waals surface area contributed by atoms with Crippen molar-refractivity contribution in [2.45, 2.75) is 32.5 Å². The zero-order valence-electron chi connectivity index (χ0n) is 12.1. The van der Waals surface area contributed by atoms with Gasteiger partial charge in [0.1, 0.15) is 5.75 Å². The Labute approximate surface area is 131 Å². The highest BCUT2D eigenvalue weighted by Gasteiger charge is 2.41. The Hall–Kier alpha value is -1.27. The second-order valence-corrected chi connectivity index (χ2v) is 5.89. The summed E-state index contributed by atoms with van der Waals surface area (Å²) in [5.74, 6) is -0.708. The van der Waals surface area contributed by atoms with Gasteiger partial charge in [0.05, 0.1) is 5.02 Å². The van der Waals surface area contributed by atoms with Gasteiger partial charge in [-0.05, 0) is 37.6 Å². The first-order chi connectivity index (χ1) is 10.3. The van der Waals surface area contributed by atoms with Crippen LogP contribution in [-0.2, 0) is 0 Å². The predicted molar refractivity (Wildman–Crippen MR) is 77.3 cm³/mol. The lowest BCUT2D eigenvalue weighted by atomic mass is 9.76. The second kappa shape index (κ2) is 6.46. The van der Waals surface area contributed by atoms with Gasteiger partial charge >= 0.3 is 6.36 Å². The van der Waals surface area contributed by atoms with Gasteiger partial charge in [0.25, 0.3) is 0 Å². The molecule has 3 nitrogen and oxygen atoms in total. The third-order valence-corrected chi connectivity index (χ3v) is 4.19. The molecule has 1 fully saturated rings. The van der Waals surface area contributed by atoms with E-state index in [0.717, 1.165) is 19.0 Å². The number of hydrogen-bond acceptors (Lipinski definition) is 3. The third kappa shape index (κ3) is 3.73. The largest absolute Gasteiger partial charge is 0.573 e. The average molecular weight is 336 g/mol. The van der Waals surface area contributed by atoms with Crippen molar-refractivity contribution in [1.82, 2.24) is 5.32 Å². The Morgan fingerprint density at radius 2 is 2.18 bits per heavy atom. The highest BCUT2D eigenvalue weighted by molar-refractivity contribution is 6.32. The summed E-state index contributed by atoms with van der Waals surface area (Å²) in [7, 11) is 0. The highest BCUT2D eigenvalue weighted by Crippen LogP contribution is 2.37. The number of carbonyl (C=O) groups is 1. The van der Waals surface area contributed by atoms with Crippen LogP contribution >= 0.6 is 11.6 Å². The SMILES string of the molecule is CCCC1(C(=O)c2ccc(Cl)c(OC(F)(F)F)c2)CCNC1. The van der Waals surface area contributed by atoms with Crippen molar-refractivity contribution >= 4 is 17.4 Å². The number of hydrogen-bond donors (Lipinski definition) is 1. The number of nitrogens with one attached hydrogen (secondary N) is 1. The fourth-order valence-electron chi connectivity index (χ4n) is 2.90. The topological polar surface area (TPSA) is 38.3 Å². The lowest BCUT2D eigenvalue weighted by Gasteiger charge is -2.26. The van der Waals surface area contributed by atoms with E-state index in [1.807, 2.05) is 6.92 Å². The summed E-state index contributed by atoms with van der Waals surface area (Å²) in [4.78, 5) is 12.8. The van der Waals surface area contributed by atoms with E-state index in [2.05, 4.69) is 10.1 Å². The summed E-state index contributed by atoms with van der Waals surface area (Å²) in [6.45, 7) is 3.25. The minimum Gasteiger partial charge on any atom is -0.404 e. The molecule has 122 valence electrons. The summed E-state index contributed by atoms with van der Waals surface area (Å²) in [6, 6.07) is 3.79. The van der Waals surface area contributed by atoms with E-state index in [1.165, 1.54) is 12.1 Å². The second-order valence-electron chi connectivity index (χ2n) is 5.48. The van der Waals surface area contributed by atoms with Crippen molar-refractivity contribution in [3.63, 3.8) is 0 Å². The molecule has 1 atom stereocenters. The van der Waals surface area contributed by atoms with Crippen molar-refractivity contribution in [2.24, 2.45) is 5.41 Å². The molecule has 1 saturated heterocycles. The van der Waals surface area contributed by atoms with Gasteiger partial charge in [0, 0.05) is 17.5 Å². The molecule has 0 amide bonds. The predicted octanol–water partition coefficient (Wildman–Crippen LogP) is 4.20. The quantitative estimate of drug-likeness (QED) is 0.819. The van der Waals surface area contributed by atoms with Crippen LogP contribution < -0.4 is 10.1 Å². The molecule has 22 heavy (non-hydrogen) atoms. The fourth-order valence-corrected chi connectivity index (χ4v) is 3.05. The molecule has 0 aromatic heterocycles. The maximum atomic E-state index is 12.8. The van der Waals surface area contributed by atoms with Crippen LogP contribution in [0, 0.1) is 5.41 Å². The molecule has 1 aromatic carbocycles. The standard InChI is InChI=1S/C15H17ClF3NO2/c1-2-5-14(6-7-20-9-14)13(21)10-3-4-11(16)12(8-10)22-15(17,18)19/h3-4,8,20H,2,5-7,9H2,1H3. The van der Waals surface area contributed by atoms with Crippen LogP contribution in [0.15, 0.2) is 18.2 Å². The first kappa shape index (κ1) is 17.1. The van der Waals surface area contributed by atoms with Gasteiger partial charge < -0.3 is 10.1 Å². The van der Waals surface area contributed by atoms with E-state index in [4.69, 9.17) is 11.6 Å². The lowest BCUT2D eigenvalue weighted by molar-refractivity contribution is -0.274. The van der Waals surface area contributed by atoms with E-state index in [-0.39, 0.29) is 16.4 Å². The zero-order chi connectivity index (χ0) is 16.4. The van der Waals surface area contributed by atoms with Crippen molar-refractivity contribution in [3.05, 3.63) is 28.8 Å². The van der Waals surface area contributed by atoms with E-state index in [0.29, 0.717) is 19.4 Å². The molecular formula is C15H17ClF3NO2. The molecule has 0 radical (unpaired) electrons. The first-order valence-electron chi connectivity index (χ1n) is 7.08. The summed E-state index contributed by atoms with van der Waals surface area (Å²) in [5.41, 5.74) is -0.362. The summed E-state index contributed by atoms with van der Waals surface area (Å²) in [6.07, 6.45) is -2.65. The number of ketones is 1. The van der Waals surface area contributed by atoms with Gasteiger partial charge in [-0.1, -0.05) is 24.9 Å².